The van der Waals surface area contributed by atoms with E-state index in [0.29, 0.717) is 5.41 Å². The van der Waals surface area contributed by atoms with Crippen molar-refractivity contribution in [1.29, 1.82) is 0 Å². The molecule has 2 N–H and O–H groups in total. The minimum Gasteiger partial charge on any atom is -0.455 e. The fraction of sp³-hybridized carbons (Fsp3) is 0.474. The summed E-state index contributed by atoms with van der Waals surface area (Å²) in [6.07, 6.45) is 1.17. The lowest BCUT2D eigenvalue weighted by molar-refractivity contribution is -0.738. The van der Waals surface area contributed by atoms with E-state index in [1.807, 2.05) is 12.1 Å². The summed E-state index contributed by atoms with van der Waals surface area (Å²) in [6.45, 7) is 12.4. The van der Waals surface area contributed by atoms with Crippen molar-refractivity contribution in [1.82, 2.24) is 0 Å². The molecule has 0 bridgehead atoms. The van der Waals surface area contributed by atoms with Crippen LogP contribution in [0.1, 0.15) is 46.8 Å². The molecule has 0 aliphatic rings. The first-order chi connectivity index (χ1) is 10.1. The molecule has 0 saturated heterocycles. The Labute approximate surface area is 142 Å². The van der Waals surface area contributed by atoms with E-state index in [0.717, 1.165) is 28.1 Å². The summed E-state index contributed by atoms with van der Waals surface area (Å²) < 4.78 is 7.07. The molecule has 1 heterocycles. The topological polar surface area (TPSA) is 29.8 Å². The van der Waals surface area contributed by atoms with E-state index in [1.165, 1.54) is 6.42 Å². The molecule has 0 aliphatic heterocycles. The zero-order chi connectivity index (χ0) is 16.4. The van der Waals surface area contributed by atoms with Gasteiger partial charge in [0.2, 0.25) is 0 Å². The van der Waals surface area contributed by atoms with Gasteiger partial charge in [-0.15, -0.1) is 0 Å². The standard InChI is InChI=1S/C19H26BrNO/c1-18(2,3)13-19(4,5)21-12-16-10-11-17(22-16)14-6-8-15(20)9-7-14/h6-11,21H,12-13H2,1-5H3/p+1. The SMILES string of the molecule is CC(C)(C)CC(C)(C)[NH2+]Cc1ccc(-c2ccc(Br)cc2)o1. The summed E-state index contributed by atoms with van der Waals surface area (Å²) in [5.41, 5.74) is 1.66. The number of furan rings is 1. The average Bonchev–Trinajstić information content (AvgIpc) is 2.83. The molecular weight excluding hydrogens is 338 g/mol. The summed E-state index contributed by atoms with van der Waals surface area (Å²) in [5.74, 6) is 1.96. The van der Waals surface area contributed by atoms with Crippen molar-refractivity contribution < 1.29 is 9.73 Å². The Morgan fingerprint density at radius 1 is 0.955 bits per heavy atom. The monoisotopic (exact) mass is 364 g/mol. The van der Waals surface area contributed by atoms with Gasteiger partial charge in [0, 0.05) is 16.5 Å². The van der Waals surface area contributed by atoms with E-state index >= 15 is 0 Å². The van der Waals surface area contributed by atoms with Crippen LogP contribution in [0.25, 0.3) is 11.3 Å². The molecule has 2 nitrogen and oxygen atoms in total. The lowest BCUT2D eigenvalue weighted by Gasteiger charge is -2.30. The van der Waals surface area contributed by atoms with E-state index in [4.69, 9.17) is 4.42 Å². The smallest absolute Gasteiger partial charge is 0.158 e. The van der Waals surface area contributed by atoms with Gasteiger partial charge in [-0.3, -0.25) is 0 Å². The fourth-order valence-electron chi connectivity index (χ4n) is 3.07. The fourth-order valence-corrected chi connectivity index (χ4v) is 3.34. The summed E-state index contributed by atoms with van der Waals surface area (Å²) >= 11 is 3.46. The predicted molar refractivity (Wildman–Crippen MR) is 95.6 cm³/mol. The largest absolute Gasteiger partial charge is 0.455 e. The second-order valence-electron chi connectivity index (χ2n) is 7.91. The van der Waals surface area contributed by atoms with Crippen molar-refractivity contribution in [3.05, 3.63) is 46.6 Å². The van der Waals surface area contributed by atoms with E-state index in [-0.39, 0.29) is 5.54 Å². The number of halogens is 1. The van der Waals surface area contributed by atoms with Crippen LogP contribution in [0.5, 0.6) is 0 Å². The molecule has 0 unspecified atom stereocenters. The minimum absolute atomic E-state index is 0.211. The van der Waals surface area contributed by atoms with E-state index in [2.05, 4.69) is 80.1 Å². The molecule has 3 heteroatoms. The molecule has 0 atom stereocenters. The van der Waals surface area contributed by atoms with Crippen LogP contribution in [-0.4, -0.2) is 5.54 Å². The van der Waals surface area contributed by atoms with E-state index in [1.54, 1.807) is 0 Å². The van der Waals surface area contributed by atoms with Crippen molar-refractivity contribution in [3.63, 3.8) is 0 Å². The normalized spacial score (nSPS) is 12.6. The van der Waals surface area contributed by atoms with Gasteiger partial charge in [-0.05, 0) is 43.5 Å². The summed E-state index contributed by atoms with van der Waals surface area (Å²) in [5, 5.41) is 2.38. The van der Waals surface area contributed by atoms with Crippen LogP contribution < -0.4 is 5.32 Å². The molecule has 0 radical (unpaired) electrons. The first kappa shape index (κ1) is 17.3. The van der Waals surface area contributed by atoms with Crippen molar-refractivity contribution in [2.75, 3.05) is 0 Å². The van der Waals surface area contributed by atoms with Crippen LogP contribution in [0, 0.1) is 5.41 Å². The zero-order valence-corrected chi connectivity index (χ0v) is 15.8. The third-order valence-corrected chi connectivity index (χ3v) is 4.16. The van der Waals surface area contributed by atoms with Gasteiger partial charge in [0.15, 0.2) is 5.76 Å². The lowest BCUT2D eigenvalue weighted by Crippen LogP contribution is -2.94. The van der Waals surface area contributed by atoms with Crippen LogP contribution in [-0.2, 0) is 6.54 Å². The van der Waals surface area contributed by atoms with Crippen molar-refractivity contribution in [3.8, 4) is 11.3 Å². The van der Waals surface area contributed by atoms with E-state index < -0.39 is 0 Å². The molecule has 2 aromatic rings. The van der Waals surface area contributed by atoms with Crippen molar-refractivity contribution in [2.45, 2.75) is 53.1 Å². The van der Waals surface area contributed by atoms with Gasteiger partial charge in [0.1, 0.15) is 12.3 Å². The second kappa shape index (κ2) is 6.59. The highest BCUT2D eigenvalue weighted by molar-refractivity contribution is 9.10. The molecule has 22 heavy (non-hydrogen) atoms. The molecule has 0 fully saturated rings. The van der Waals surface area contributed by atoms with Gasteiger partial charge in [-0.25, -0.2) is 0 Å². The molecule has 0 saturated carbocycles. The Hall–Kier alpha value is -1.06. The van der Waals surface area contributed by atoms with Gasteiger partial charge in [-0.2, -0.15) is 0 Å². The highest BCUT2D eigenvalue weighted by Gasteiger charge is 2.28. The lowest BCUT2D eigenvalue weighted by atomic mass is 9.82. The van der Waals surface area contributed by atoms with Crippen LogP contribution in [0.3, 0.4) is 0 Å². The molecule has 0 aliphatic carbocycles. The van der Waals surface area contributed by atoms with Crippen LogP contribution in [0.15, 0.2) is 45.3 Å². The maximum absolute atomic E-state index is 5.99. The second-order valence-corrected chi connectivity index (χ2v) is 8.82. The van der Waals surface area contributed by atoms with Crippen molar-refractivity contribution >= 4 is 15.9 Å². The molecule has 120 valence electrons. The quantitative estimate of drug-likeness (QED) is 0.795. The molecule has 2 rings (SSSR count). The zero-order valence-electron chi connectivity index (χ0n) is 14.2. The Balaban J connectivity index is 1.99. The van der Waals surface area contributed by atoms with Crippen molar-refractivity contribution in [2.24, 2.45) is 5.41 Å². The highest BCUT2D eigenvalue weighted by atomic mass is 79.9. The number of benzene rings is 1. The first-order valence-electron chi connectivity index (χ1n) is 7.84. The minimum atomic E-state index is 0.211. The maximum Gasteiger partial charge on any atom is 0.158 e. The van der Waals surface area contributed by atoms with Gasteiger partial charge in [-0.1, -0.05) is 48.8 Å². The summed E-state index contributed by atoms with van der Waals surface area (Å²) in [7, 11) is 0. The van der Waals surface area contributed by atoms with Gasteiger partial charge in [0.05, 0.1) is 5.54 Å². The third kappa shape index (κ3) is 5.29. The molecule has 0 spiro atoms. The number of hydrogen-bond donors (Lipinski definition) is 1. The first-order valence-corrected chi connectivity index (χ1v) is 8.63. The Bertz CT molecular complexity index is 605. The van der Waals surface area contributed by atoms with Crippen LogP contribution in [0.4, 0.5) is 0 Å². The predicted octanol–water partition coefficient (Wildman–Crippen LogP) is 4.99. The number of quaternary nitrogens is 1. The summed E-state index contributed by atoms with van der Waals surface area (Å²) in [6, 6.07) is 12.4. The van der Waals surface area contributed by atoms with E-state index in [9.17, 15) is 0 Å². The number of rotatable bonds is 5. The molecule has 0 amide bonds. The Kier molecular flexibility index (Phi) is 5.18. The maximum atomic E-state index is 5.99. The molecule has 1 aromatic heterocycles. The third-order valence-electron chi connectivity index (χ3n) is 3.63. The highest BCUT2D eigenvalue weighted by Crippen LogP contribution is 2.25. The summed E-state index contributed by atoms with van der Waals surface area (Å²) in [4.78, 5) is 0. The van der Waals surface area contributed by atoms with Crippen LogP contribution in [0.2, 0.25) is 0 Å². The van der Waals surface area contributed by atoms with Crippen LogP contribution >= 0.6 is 15.9 Å². The van der Waals surface area contributed by atoms with Gasteiger partial charge >= 0.3 is 0 Å². The average molecular weight is 365 g/mol. The Morgan fingerprint density at radius 3 is 2.18 bits per heavy atom. The molecule has 1 aromatic carbocycles. The molecular formula is C19H27BrNO+. The Morgan fingerprint density at radius 2 is 1.59 bits per heavy atom. The van der Waals surface area contributed by atoms with Gasteiger partial charge in [0.25, 0.3) is 0 Å². The van der Waals surface area contributed by atoms with Gasteiger partial charge < -0.3 is 9.73 Å². The number of hydrogen-bond acceptors (Lipinski definition) is 1. The number of nitrogens with two attached hydrogens (primary N) is 1.